The molecule has 0 radical (unpaired) electrons. The number of methoxy groups -OCH3 is 1. The van der Waals surface area contributed by atoms with Gasteiger partial charge in [0.05, 0.1) is 19.1 Å². The number of sulfonamides is 1. The molecule has 0 fully saturated rings. The number of anilines is 1. The Morgan fingerprint density at radius 1 is 1.00 bits per heavy atom. The maximum atomic E-state index is 13.3. The molecule has 0 aliphatic carbocycles. The van der Waals surface area contributed by atoms with Crippen LogP contribution in [0.25, 0.3) is 0 Å². The first-order chi connectivity index (χ1) is 17.2. The van der Waals surface area contributed by atoms with E-state index in [9.17, 15) is 18.0 Å². The fourth-order valence-electron chi connectivity index (χ4n) is 3.86. The molecular weight excluding hydrogens is 478 g/mol. The zero-order valence-corrected chi connectivity index (χ0v) is 22.6. The molecule has 2 amide bonds. The van der Waals surface area contributed by atoms with Crippen LogP contribution in [0.1, 0.15) is 45.1 Å². The van der Waals surface area contributed by atoms with Crippen LogP contribution in [0.5, 0.6) is 5.75 Å². The highest BCUT2D eigenvalue weighted by Gasteiger charge is 2.26. The van der Waals surface area contributed by atoms with Crippen molar-refractivity contribution in [2.75, 3.05) is 37.3 Å². The summed E-state index contributed by atoms with van der Waals surface area (Å²) < 4.78 is 31.3. The third kappa shape index (κ3) is 9.18. The Bertz CT molecular complexity index is 1060. The van der Waals surface area contributed by atoms with Gasteiger partial charge < -0.3 is 15.0 Å². The van der Waals surface area contributed by atoms with Gasteiger partial charge in [0.2, 0.25) is 21.8 Å². The van der Waals surface area contributed by atoms with Crippen molar-refractivity contribution in [3.8, 4) is 5.75 Å². The molecular formula is C27H39N3O5S. The number of unbranched alkanes of at least 4 members (excludes halogenated alkanes) is 1. The standard InChI is InChI=1S/C27H39N3O5S/c1-5-6-19-28-27(32)22(2)29(21-18-23-11-8-7-9-12-23)26(31)13-10-20-30(36(4,33)34)24-14-16-25(35-3)17-15-24/h7-9,11-12,14-17,22H,5-6,10,13,18-21H2,1-4H3,(H,28,32)/t22-/m0/s1. The minimum absolute atomic E-state index is 0.129. The maximum absolute atomic E-state index is 13.3. The van der Waals surface area contributed by atoms with E-state index < -0.39 is 16.1 Å². The Labute approximate surface area is 215 Å². The third-order valence-corrected chi connectivity index (χ3v) is 7.19. The van der Waals surface area contributed by atoms with Gasteiger partial charge in [0.25, 0.3) is 0 Å². The number of nitrogens with one attached hydrogen (secondary N) is 1. The van der Waals surface area contributed by atoms with E-state index in [4.69, 9.17) is 4.74 Å². The quantitative estimate of drug-likeness (QED) is 0.364. The molecule has 0 aromatic heterocycles. The van der Waals surface area contributed by atoms with E-state index >= 15 is 0 Å². The molecule has 0 saturated carbocycles. The molecule has 0 spiro atoms. The number of amides is 2. The van der Waals surface area contributed by atoms with Crippen molar-refractivity contribution in [3.63, 3.8) is 0 Å². The largest absolute Gasteiger partial charge is 0.497 e. The number of hydrogen-bond donors (Lipinski definition) is 1. The van der Waals surface area contributed by atoms with Gasteiger partial charge in [0, 0.05) is 26.1 Å². The van der Waals surface area contributed by atoms with Crippen LogP contribution in [0.3, 0.4) is 0 Å². The summed E-state index contributed by atoms with van der Waals surface area (Å²) in [5, 5.41) is 2.91. The molecule has 0 aliphatic rings. The summed E-state index contributed by atoms with van der Waals surface area (Å²) in [5.41, 5.74) is 1.59. The first kappa shape index (κ1) is 29.2. The molecule has 9 heteroatoms. The average Bonchev–Trinajstić information content (AvgIpc) is 2.86. The molecule has 2 aromatic carbocycles. The predicted molar refractivity (Wildman–Crippen MR) is 144 cm³/mol. The summed E-state index contributed by atoms with van der Waals surface area (Å²) in [6, 6.07) is 15.9. The summed E-state index contributed by atoms with van der Waals surface area (Å²) in [7, 11) is -2.00. The average molecular weight is 518 g/mol. The summed E-state index contributed by atoms with van der Waals surface area (Å²) in [6.45, 7) is 4.92. The third-order valence-electron chi connectivity index (χ3n) is 5.99. The Morgan fingerprint density at radius 3 is 2.25 bits per heavy atom. The predicted octanol–water partition coefficient (Wildman–Crippen LogP) is 3.62. The normalized spacial score (nSPS) is 12.0. The van der Waals surface area contributed by atoms with Crippen LogP contribution in [0.15, 0.2) is 54.6 Å². The van der Waals surface area contributed by atoms with Crippen molar-refractivity contribution in [3.05, 3.63) is 60.2 Å². The van der Waals surface area contributed by atoms with Crippen LogP contribution >= 0.6 is 0 Å². The van der Waals surface area contributed by atoms with E-state index in [0.29, 0.717) is 37.4 Å². The van der Waals surface area contributed by atoms with E-state index in [1.54, 1.807) is 43.2 Å². The van der Waals surface area contributed by atoms with Gasteiger partial charge in [-0.25, -0.2) is 8.42 Å². The van der Waals surface area contributed by atoms with Gasteiger partial charge in [-0.2, -0.15) is 0 Å². The maximum Gasteiger partial charge on any atom is 0.242 e. The number of ether oxygens (including phenoxy) is 1. The zero-order valence-electron chi connectivity index (χ0n) is 21.8. The van der Waals surface area contributed by atoms with Gasteiger partial charge >= 0.3 is 0 Å². The molecule has 0 aliphatic heterocycles. The Balaban J connectivity index is 2.08. The van der Waals surface area contributed by atoms with Crippen LogP contribution in [0.2, 0.25) is 0 Å². The summed E-state index contributed by atoms with van der Waals surface area (Å²) in [6.07, 6.45) is 4.07. The lowest BCUT2D eigenvalue weighted by molar-refractivity contribution is -0.139. The molecule has 0 saturated heterocycles. The van der Waals surface area contributed by atoms with Gasteiger partial charge in [-0.05, 0) is 56.0 Å². The van der Waals surface area contributed by atoms with Gasteiger partial charge in [0.1, 0.15) is 11.8 Å². The molecule has 1 atom stereocenters. The lowest BCUT2D eigenvalue weighted by Gasteiger charge is -2.29. The van der Waals surface area contributed by atoms with Crippen LogP contribution in [-0.4, -0.2) is 64.2 Å². The van der Waals surface area contributed by atoms with E-state index in [-0.39, 0.29) is 24.8 Å². The molecule has 2 rings (SSSR count). The Hall–Kier alpha value is -3.07. The zero-order chi connectivity index (χ0) is 26.6. The van der Waals surface area contributed by atoms with Crippen molar-refractivity contribution < 1.29 is 22.7 Å². The highest BCUT2D eigenvalue weighted by molar-refractivity contribution is 7.92. The summed E-state index contributed by atoms with van der Waals surface area (Å²) in [4.78, 5) is 27.6. The number of rotatable bonds is 15. The first-order valence-corrected chi connectivity index (χ1v) is 14.2. The van der Waals surface area contributed by atoms with Crippen LogP contribution in [0, 0.1) is 0 Å². The second-order valence-corrected chi connectivity index (χ2v) is 10.7. The van der Waals surface area contributed by atoms with E-state index in [2.05, 4.69) is 12.2 Å². The lowest BCUT2D eigenvalue weighted by atomic mass is 10.1. The van der Waals surface area contributed by atoms with Crippen LogP contribution in [-0.2, 0) is 26.0 Å². The molecule has 1 N–H and O–H groups in total. The molecule has 2 aromatic rings. The van der Waals surface area contributed by atoms with E-state index in [0.717, 1.165) is 24.7 Å². The minimum Gasteiger partial charge on any atom is -0.497 e. The Kier molecular flexibility index (Phi) is 11.7. The number of carbonyl (C=O) groups excluding carboxylic acids is 2. The number of benzene rings is 2. The number of hydrogen-bond acceptors (Lipinski definition) is 5. The molecule has 0 unspecified atom stereocenters. The van der Waals surface area contributed by atoms with Gasteiger partial charge in [0.15, 0.2) is 0 Å². The molecule has 36 heavy (non-hydrogen) atoms. The number of nitrogens with zero attached hydrogens (tertiary/aromatic N) is 2. The van der Waals surface area contributed by atoms with Crippen molar-refractivity contribution in [1.29, 1.82) is 0 Å². The van der Waals surface area contributed by atoms with Crippen molar-refractivity contribution in [1.82, 2.24) is 10.2 Å². The fraction of sp³-hybridized carbons (Fsp3) is 0.481. The SMILES string of the molecule is CCCCNC(=O)[C@H](C)N(CCc1ccccc1)C(=O)CCCN(c1ccc(OC)cc1)S(C)(=O)=O. The first-order valence-electron chi connectivity index (χ1n) is 12.4. The Morgan fingerprint density at radius 2 is 1.67 bits per heavy atom. The summed E-state index contributed by atoms with van der Waals surface area (Å²) in [5.74, 6) is 0.274. The van der Waals surface area contributed by atoms with Crippen molar-refractivity contribution >= 4 is 27.5 Å². The monoisotopic (exact) mass is 517 g/mol. The molecule has 0 heterocycles. The summed E-state index contributed by atoms with van der Waals surface area (Å²) >= 11 is 0. The second kappa shape index (κ2) is 14.5. The highest BCUT2D eigenvalue weighted by Crippen LogP contribution is 2.22. The second-order valence-electron chi connectivity index (χ2n) is 8.78. The van der Waals surface area contributed by atoms with E-state index in [1.165, 1.54) is 4.31 Å². The van der Waals surface area contributed by atoms with Gasteiger partial charge in [-0.15, -0.1) is 0 Å². The smallest absolute Gasteiger partial charge is 0.242 e. The lowest BCUT2D eigenvalue weighted by Crippen LogP contribution is -2.49. The van der Waals surface area contributed by atoms with Crippen molar-refractivity contribution in [2.45, 2.75) is 52.0 Å². The molecule has 8 nitrogen and oxygen atoms in total. The van der Waals surface area contributed by atoms with Crippen LogP contribution in [0.4, 0.5) is 5.69 Å². The highest BCUT2D eigenvalue weighted by atomic mass is 32.2. The number of carbonyl (C=O) groups is 2. The fourth-order valence-corrected chi connectivity index (χ4v) is 4.82. The molecule has 0 bridgehead atoms. The topological polar surface area (TPSA) is 96.0 Å². The van der Waals surface area contributed by atoms with E-state index in [1.807, 2.05) is 30.3 Å². The molecule has 198 valence electrons. The van der Waals surface area contributed by atoms with Crippen molar-refractivity contribution in [2.24, 2.45) is 0 Å². The minimum atomic E-state index is -3.54. The van der Waals surface area contributed by atoms with Gasteiger partial charge in [-0.3, -0.25) is 13.9 Å². The van der Waals surface area contributed by atoms with Crippen LogP contribution < -0.4 is 14.4 Å². The van der Waals surface area contributed by atoms with Gasteiger partial charge in [-0.1, -0.05) is 43.7 Å².